The van der Waals surface area contributed by atoms with E-state index in [1.54, 1.807) is 0 Å². The maximum atomic E-state index is 11.9. The normalized spacial score (nSPS) is 11.4. The van der Waals surface area contributed by atoms with E-state index in [4.69, 9.17) is 27.0 Å². The van der Waals surface area contributed by atoms with Gasteiger partial charge in [-0.25, -0.2) is 13.2 Å². The van der Waals surface area contributed by atoms with Crippen LogP contribution in [0.2, 0.25) is 5.02 Å². The predicted molar refractivity (Wildman–Crippen MR) is 86.6 cm³/mol. The van der Waals surface area contributed by atoms with Gasteiger partial charge in [-0.3, -0.25) is 0 Å². The summed E-state index contributed by atoms with van der Waals surface area (Å²) in [4.78, 5) is 11.6. The molecule has 0 fully saturated rings. The van der Waals surface area contributed by atoms with Crippen molar-refractivity contribution >= 4 is 53.2 Å². The third-order valence-electron chi connectivity index (χ3n) is 2.72. The highest BCUT2D eigenvalue weighted by molar-refractivity contribution is 9.10. The zero-order valence-corrected chi connectivity index (χ0v) is 15.3. The Bertz CT molecular complexity index is 617. The van der Waals surface area contributed by atoms with Crippen LogP contribution in [0.1, 0.15) is 43.0 Å². The van der Waals surface area contributed by atoms with Crippen LogP contribution in [0.3, 0.4) is 0 Å². The number of unbranched alkanes of at least 4 members (excludes halogenated alkanes) is 3. The summed E-state index contributed by atoms with van der Waals surface area (Å²) in [7, 11) is 1.29. The molecule has 0 radical (unpaired) electrons. The first-order valence-electron chi connectivity index (χ1n) is 6.38. The van der Waals surface area contributed by atoms with Gasteiger partial charge in [0.25, 0.3) is 9.05 Å². The van der Waals surface area contributed by atoms with Crippen molar-refractivity contribution in [2.24, 2.45) is 0 Å². The van der Waals surface area contributed by atoms with Crippen LogP contribution in [0.4, 0.5) is 0 Å². The van der Waals surface area contributed by atoms with Crippen LogP contribution >= 0.6 is 38.2 Å². The van der Waals surface area contributed by atoms with Crippen molar-refractivity contribution in [1.82, 2.24) is 0 Å². The lowest BCUT2D eigenvalue weighted by atomic mass is 10.2. The summed E-state index contributed by atoms with van der Waals surface area (Å²) in [5, 5.41) is 0.0784. The van der Waals surface area contributed by atoms with E-state index in [-0.39, 0.29) is 26.6 Å². The molecule has 0 saturated carbocycles. The van der Waals surface area contributed by atoms with Crippen molar-refractivity contribution in [3.8, 4) is 0 Å². The fourth-order valence-electron chi connectivity index (χ4n) is 1.64. The van der Waals surface area contributed by atoms with Crippen molar-refractivity contribution in [3.05, 3.63) is 27.2 Å². The highest BCUT2D eigenvalue weighted by atomic mass is 79.9. The fraction of sp³-hybridized carbons (Fsp3) is 0.462. The van der Waals surface area contributed by atoms with Gasteiger partial charge < -0.3 is 4.74 Å². The number of hydrogen-bond donors (Lipinski definition) is 0. The molecule has 0 aliphatic heterocycles. The van der Waals surface area contributed by atoms with Gasteiger partial charge >= 0.3 is 5.97 Å². The Morgan fingerprint density at radius 3 is 2.52 bits per heavy atom. The van der Waals surface area contributed by atoms with Crippen molar-refractivity contribution < 1.29 is 17.9 Å². The predicted octanol–water partition coefficient (Wildman–Crippen LogP) is 4.77. The molecule has 1 rings (SSSR count). The van der Waals surface area contributed by atoms with Crippen LogP contribution in [-0.4, -0.2) is 21.0 Å². The first kappa shape index (κ1) is 18.7. The minimum absolute atomic E-state index is 0.0536. The average molecular weight is 418 g/mol. The SMILES string of the molecule is CCCCCCOC(=O)c1cc(Cl)c(Br)c(S(=O)(=O)Cl)c1. The Hall–Kier alpha value is -0.300. The topological polar surface area (TPSA) is 60.4 Å². The zero-order chi connectivity index (χ0) is 16.0. The van der Waals surface area contributed by atoms with Gasteiger partial charge in [0.15, 0.2) is 0 Å². The van der Waals surface area contributed by atoms with Gasteiger partial charge in [-0.15, -0.1) is 0 Å². The highest BCUT2D eigenvalue weighted by Crippen LogP contribution is 2.33. The molecule has 0 spiro atoms. The molecule has 0 bridgehead atoms. The fourth-order valence-corrected chi connectivity index (χ4v) is 4.02. The summed E-state index contributed by atoms with van der Waals surface area (Å²) < 4.78 is 28.1. The Morgan fingerprint density at radius 1 is 1.29 bits per heavy atom. The lowest BCUT2D eigenvalue weighted by molar-refractivity contribution is 0.0497. The van der Waals surface area contributed by atoms with Crippen molar-refractivity contribution in [1.29, 1.82) is 0 Å². The Balaban J connectivity index is 2.84. The molecule has 0 saturated heterocycles. The van der Waals surface area contributed by atoms with Gasteiger partial charge in [0.05, 0.1) is 26.6 Å². The summed E-state index contributed by atoms with van der Waals surface area (Å²) >= 11 is 8.93. The van der Waals surface area contributed by atoms with E-state index in [1.807, 2.05) is 0 Å². The van der Waals surface area contributed by atoms with E-state index in [9.17, 15) is 13.2 Å². The van der Waals surface area contributed by atoms with E-state index in [0.717, 1.165) is 31.7 Å². The first-order valence-corrected chi connectivity index (χ1v) is 9.86. The molecule has 0 atom stereocenters. The second-order valence-electron chi connectivity index (χ2n) is 4.40. The molecule has 1 aromatic carbocycles. The minimum atomic E-state index is -4.01. The molecule has 0 aliphatic carbocycles. The Kier molecular flexibility index (Phi) is 7.47. The third kappa shape index (κ3) is 5.77. The molecule has 0 N–H and O–H groups in total. The zero-order valence-electron chi connectivity index (χ0n) is 11.4. The molecule has 118 valence electrons. The first-order chi connectivity index (χ1) is 9.77. The minimum Gasteiger partial charge on any atom is -0.462 e. The van der Waals surface area contributed by atoms with Crippen molar-refractivity contribution in [3.63, 3.8) is 0 Å². The monoisotopic (exact) mass is 416 g/mol. The van der Waals surface area contributed by atoms with Gasteiger partial charge in [0, 0.05) is 10.7 Å². The summed E-state index contributed by atoms with van der Waals surface area (Å²) in [5.74, 6) is -0.623. The molecule has 0 aliphatic rings. The van der Waals surface area contributed by atoms with Gasteiger partial charge in [0.2, 0.25) is 0 Å². The van der Waals surface area contributed by atoms with Gasteiger partial charge in [-0.05, 0) is 34.5 Å². The van der Waals surface area contributed by atoms with Crippen LogP contribution in [0, 0.1) is 0 Å². The molecule has 0 amide bonds. The quantitative estimate of drug-likeness (QED) is 0.364. The van der Waals surface area contributed by atoms with Crippen LogP contribution < -0.4 is 0 Å². The van der Waals surface area contributed by atoms with Crippen LogP contribution in [0.15, 0.2) is 21.5 Å². The summed E-state index contributed by atoms with van der Waals surface area (Å²) in [6, 6.07) is 2.48. The maximum Gasteiger partial charge on any atom is 0.338 e. The molecule has 0 heterocycles. The second kappa shape index (κ2) is 8.36. The molecule has 8 heteroatoms. The van der Waals surface area contributed by atoms with Crippen LogP contribution in [0.25, 0.3) is 0 Å². The molecule has 0 unspecified atom stereocenters. The van der Waals surface area contributed by atoms with E-state index < -0.39 is 15.0 Å². The number of carbonyl (C=O) groups is 1. The number of halogens is 3. The van der Waals surface area contributed by atoms with E-state index in [0.29, 0.717) is 0 Å². The van der Waals surface area contributed by atoms with Crippen molar-refractivity contribution in [2.75, 3.05) is 6.61 Å². The maximum absolute atomic E-state index is 11.9. The number of esters is 1. The van der Waals surface area contributed by atoms with Crippen LogP contribution in [0.5, 0.6) is 0 Å². The lowest BCUT2D eigenvalue weighted by Gasteiger charge is -2.08. The number of carbonyl (C=O) groups excluding carboxylic acids is 1. The third-order valence-corrected chi connectivity index (χ3v) is 5.71. The summed E-state index contributed by atoms with van der Waals surface area (Å²) in [5.41, 5.74) is 0.0536. The molecule has 0 aromatic heterocycles. The molecule has 1 aromatic rings. The highest BCUT2D eigenvalue weighted by Gasteiger charge is 2.21. The number of hydrogen-bond acceptors (Lipinski definition) is 4. The van der Waals surface area contributed by atoms with E-state index in [1.165, 1.54) is 6.07 Å². The Morgan fingerprint density at radius 2 is 1.95 bits per heavy atom. The summed E-state index contributed by atoms with van der Waals surface area (Å²) in [6.07, 6.45) is 3.92. The molecule has 4 nitrogen and oxygen atoms in total. The van der Waals surface area contributed by atoms with Crippen molar-refractivity contribution in [2.45, 2.75) is 37.5 Å². The van der Waals surface area contributed by atoms with E-state index >= 15 is 0 Å². The van der Waals surface area contributed by atoms with Gasteiger partial charge in [0.1, 0.15) is 0 Å². The smallest absolute Gasteiger partial charge is 0.338 e. The number of rotatable bonds is 7. The Labute approximate surface area is 142 Å². The lowest BCUT2D eigenvalue weighted by Crippen LogP contribution is -2.08. The largest absolute Gasteiger partial charge is 0.462 e. The second-order valence-corrected chi connectivity index (χ2v) is 8.14. The molecular weight excluding hydrogens is 403 g/mol. The number of benzene rings is 1. The standard InChI is InChI=1S/C13H15BrCl2O4S/c1-2-3-4-5-6-20-13(17)9-7-10(15)12(14)11(8-9)21(16,18)19/h7-8H,2-6H2,1H3. The van der Waals surface area contributed by atoms with Gasteiger partial charge in [-0.1, -0.05) is 37.8 Å². The molecule has 21 heavy (non-hydrogen) atoms. The molecular formula is C13H15BrCl2O4S. The number of ether oxygens (including phenoxy) is 1. The average Bonchev–Trinajstić information content (AvgIpc) is 2.39. The van der Waals surface area contributed by atoms with Crippen LogP contribution in [-0.2, 0) is 13.8 Å². The van der Waals surface area contributed by atoms with Gasteiger partial charge in [-0.2, -0.15) is 0 Å². The van der Waals surface area contributed by atoms with E-state index in [2.05, 4.69) is 22.9 Å². The summed E-state index contributed by atoms with van der Waals surface area (Å²) in [6.45, 7) is 2.37.